The Morgan fingerprint density at radius 1 is 0.941 bits per heavy atom. The van der Waals surface area contributed by atoms with Crippen molar-refractivity contribution in [2.75, 3.05) is 13.7 Å². The summed E-state index contributed by atoms with van der Waals surface area (Å²) in [5, 5.41) is 0. The number of ether oxygens (including phenoxy) is 1. The molecule has 1 fully saturated rings. The van der Waals surface area contributed by atoms with Gasteiger partial charge in [-0.15, -0.1) is 0 Å². The Morgan fingerprint density at radius 2 is 1.56 bits per heavy atom. The van der Waals surface area contributed by atoms with Gasteiger partial charge in [-0.1, -0.05) is 78.4 Å². The van der Waals surface area contributed by atoms with Crippen LogP contribution in [-0.2, 0) is 26.0 Å². The first-order valence-corrected chi connectivity index (χ1v) is 13.1. The summed E-state index contributed by atoms with van der Waals surface area (Å²) in [5.41, 5.74) is 3.13. The average Bonchev–Trinajstić information content (AvgIpc) is 2.85. The number of nitrogens with zero attached hydrogens (tertiary/aromatic N) is 1. The Morgan fingerprint density at radius 3 is 2.18 bits per heavy atom. The van der Waals surface area contributed by atoms with Crippen molar-refractivity contribution in [2.24, 2.45) is 5.92 Å². The number of benzene rings is 3. The summed E-state index contributed by atoms with van der Waals surface area (Å²) >= 11 is 0. The van der Waals surface area contributed by atoms with E-state index in [1.807, 2.05) is 79.7 Å². The predicted octanol–water partition coefficient (Wildman–Crippen LogP) is 4.96. The minimum atomic E-state index is -3.73. The second-order valence-electron chi connectivity index (χ2n) is 9.02. The van der Waals surface area contributed by atoms with E-state index in [1.165, 1.54) is 7.11 Å². The van der Waals surface area contributed by atoms with E-state index >= 15 is 0 Å². The normalized spacial score (nSPS) is 21.2. The highest BCUT2D eigenvalue weighted by Gasteiger charge is 2.42. The van der Waals surface area contributed by atoms with E-state index in [4.69, 9.17) is 4.74 Å². The van der Waals surface area contributed by atoms with Gasteiger partial charge in [0.25, 0.3) is 0 Å². The van der Waals surface area contributed by atoms with Crippen LogP contribution in [0.15, 0.2) is 89.8 Å². The van der Waals surface area contributed by atoms with Gasteiger partial charge in [0, 0.05) is 24.9 Å². The molecular formula is C28H31NO4S. The molecule has 3 aromatic carbocycles. The van der Waals surface area contributed by atoms with E-state index in [0.29, 0.717) is 24.3 Å². The second kappa shape index (κ2) is 10.5. The third-order valence-electron chi connectivity index (χ3n) is 6.75. The number of aryl methyl sites for hydroxylation is 1. The van der Waals surface area contributed by atoms with E-state index in [1.54, 1.807) is 16.4 Å². The van der Waals surface area contributed by atoms with Gasteiger partial charge < -0.3 is 4.74 Å². The molecule has 0 bridgehead atoms. The van der Waals surface area contributed by atoms with Crippen molar-refractivity contribution in [1.82, 2.24) is 4.31 Å². The number of carbonyl (C=O) groups is 1. The van der Waals surface area contributed by atoms with Gasteiger partial charge in [-0.3, -0.25) is 4.79 Å². The first-order valence-electron chi connectivity index (χ1n) is 11.6. The Kier molecular flexibility index (Phi) is 7.49. The Hall–Kier alpha value is -2.96. The Labute approximate surface area is 202 Å². The molecule has 3 aromatic rings. The number of methoxy groups -OCH3 is 1. The van der Waals surface area contributed by atoms with Crippen LogP contribution in [0.1, 0.15) is 35.4 Å². The molecule has 0 N–H and O–H groups in total. The topological polar surface area (TPSA) is 63.7 Å². The first kappa shape index (κ1) is 24.2. The molecule has 0 spiro atoms. The highest BCUT2D eigenvalue weighted by Crippen LogP contribution is 2.40. The van der Waals surface area contributed by atoms with Crippen molar-refractivity contribution < 1.29 is 17.9 Å². The molecule has 4 rings (SSSR count). The molecule has 0 aliphatic carbocycles. The van der Waals surface area contributed by atoms with E-state index in [-0.39, 0.29) is 30.3 Å². The van der Waals surface area contributed by atoms with Crippen LogP contribution < -0.4 is 0 Å². The Balaban J connectivity index is 1.75. The third-order valence-corrected chi connectivity index (χ3v) is 8.69. The SMILES string of the molecule is COC(=O)C[C@H]1C[C@H](Cc2ccccc2)N(S(=O)(=O)c2ccc(C)cc2)C[C@@H]1c1ccccc1. The largest absolute Gasteiger partial charge is 0.469 e. The molecule has 6 heteroatoms. The van der Waals surface area contributed by atoms with Gasteiger partial charge in [-0.05, 0) is 48.9 Å². The predicted molar refractivity (Wildman–Crippen MR) is 133 cm³/mol. The van der Waals surface area contributed by atoms with Crippen LogP contribution >= 0.6 is 0 Å². The third kappa shape index (κ3) is 5.40. The van der Waals surface area contributed by atoms with Crippen molar-refractivity contribution in [3.8, 4) is 0 Å². The lowest BCUT2D eigenvalue weighted by atomic mass is 9.76. The van der Waals surface area contributed by atoms with Crippen molar-refractivity contribution in [3.63, 3.8) is 0 Å². The van der Waals surface area contributed by atoms with Crippen molar-refractivity contribution in [3.05, 3.63) is 102 Å². The van der Waals surface area contributed by atoms with E-state index in [0.717, 1.165) is 16.7 Å². The maximum Gasteiger partial charge on any atom is 0.305 e. The van der Waals surface area contributed by atoms with Gasteiger partial charge in [-0.2, -0.15) is 4.31 Å². The molecule has 3 atom stereocenters. The second-order valence-corrected chi connectivity index (χ2v) is 10.9. The summed E-state index contributed by atoms with van der Waals surface area (Å²) < 4.78 is 34.4. The van der Waals surface area contributed by atoms with Gasteiger partial charge in [0.15, 0.2) is 0 Å². The highest BCUT2D eigenvalue weighted by molar-refractivity contribution is 7.89. The van der Waals surface area contributed by atoms with Crippen LogP contribution in [0.5, 0.6) is 0 Å². The summed E-state index contributed by atoms with van der Waals surface area (Å²) in [6.07, 6.45) is 1.43. The molecule has 1 aliphatic heterocycles. The highest BCUT2D eigenvalue weighted by atomic mass is 32.2. The lowest BCUT2D eigenvalue weighted by Crippen LogP contribution is -2.50. The number of carbonyl (C=O) groups excluding carboxylic acids is 1. The zero-order valence-electron chi connectivity index (χ0n) is 19.6. The monoisotopic (exact) mass is 477 g/mol. The number of hydrogen-bond donors (Lipinski definition) is 0. The zero-order chi connectivity index (χ0) is 24.1. The molecule has 0 saturated carbocycles. The summed E-state index contributed by atoms with van der Waals surface area (Å²) in [7, 11) is -2.33. The molecule has 0 aromatic heterocycles. The maximum absolute atomic E-state index is 13.9. The van der Waals surface area contributed by atoms with Crippen LogP contribution in [-0.4, -0.2) is 38.4 Å². The van der Waals surface area contributed by atoms with Gasteiger partial charge in [0.2, 0.25) is 10.0 Å². The van der Waals surface area contributed by atoms with Crippen LogP contribution in [0.2, 0.25) is 0 Å². The molecule has 1 aliphatic rings. The van der Waals surface area contributed by atoms with Crippen molar-refractivity contribution in [2.45, 2.75) is 43.0 Å². The smallest absolute Gasteiger partial charge is 0.305 e. The number of hydrogen-bond acceptors (Lipinski definition) is 4. The van der Waals surface area contributed by atoms with E-state index in [9.17, 15) is 13.2 Å². The van der Waals surface area contributed by atoms with Gasteiger partial charge in [0.05, 0.1) is 12.0 Å². The minimum Gasteiger partial charge on any atom is -0.469 e. The molecule has 178 valence electrons. The number of esters is 1. The van der Waals surface area contributed by atoms with Crippen molar-refractivity contribution >= 4 is 16.0 Å². The molecular weight excluding hydrogens is 446 g/mol. The fraction of sp³-hybridized carbons (Fsp3) is 0.321. The minimum absolute atomic E-state index is 0.0203. The first-order chi connectivity index (χ1) is 16.4. The summed E-state index contributed by atoms with van der Waals surface area (Å²) in [6, 6.07) is 26.6. The van der Waals surface area contributed by atoms with Crippen LogP contribution in [0.4, 0.5) is 0 Å². The summed E-state index contributed by atoms with van der Waals surface area (Å²) in [5.74, 6) is -0.389. The standard InChI is InChI=1S/C28H31NO4S/c1-21-13-15-26(16-14-21)34(31,32)29-20-27(23-11-7-4-8-12-23)24(19-28(30)33-2)18-25(29)17-22-9-5-3-6-10-22/h3-16,24-25,27H,17-20H2,1-2H3/t24-,25+,27-/m1/s1. The average molecular weight is 478 g/mol. The van der Waals surface area contributed by atoms with E-state index < -0.39 is 10.0 Å². The molecule has 34 heavy (non-hydrogen) atoms. The quantitative estimate of drug-likeness (QED) is 0.451. The zero-order valence-corrected chi connectivity index (χ0v) is 20.4. The number of rotatable bonds is 7. The van der Waals surface area contributed by atoms with E-state index in [2.05, 4.69) is 0 Å². The fourth-order valence-electron chi connectivity index (χ4n) is 4.94. The number of sulfonamides is 1. The van der Waals surface area contributed by atoms with Crippen LogP contribution in [0.3, 0.4) is 0 Å². The Bertz CT molecular complexity index is 1190. The van der Waals surface area contributed by atoms with Gasteiger partial charge in [-0.25, -0.2) is 8.42 Å². The maximum atomic E-state index is 13.9. The summed E-state index contributed by atoms with van der Waals surface area (Å²) in [6.45, 7) is 2.26. The lowest BCUT2D eigenvalue weighted by molar-refractivity contribution is -0.142. The fourth-order valence-corrected chi connectivity index (χ4v) is 6.60. The van der Waals surface area contributed by atoms with Crippen LogP contribution in [0, 0.1) is 12.8 Å². The van der Waals surface area contributed by atoms with Gasteiger partial charge in [0.1, 0.15) is 0 Å². The molecule has 1 heterocycles. The van der Waals surface area contributed by atoms with Crippen LogP contribution in [0.25, 0.3) is 0 Å². The molecule has 0 unspecified atom stereocenters. The van der Waals surface area contributed by atoms with Gasteiger partial charge >= 0.3 is 5.97 Å². The molecule has 5 nitrogen and oxygen atoms in total. The lowest BCUT2D eigenvalue weighted by Gasteiger charge is -2.43. The van der Waals surface area contributed by atoms with Crippen molar-refractivity contribution in [1.29, 1.82) is 0 Å². The molecule has 0 radical (unpaired) electrons. The summed E-state index contributed by atoms with van der Waals surface area (Å²) in [4.78, 5) is 12.6. The molecule has 1 saturated heterocycles. The molecule has 0 amide bonds. The number of piperidine rings is 1.